The minimum Gasteiger partial charge on any atom is -0.481 e. The number of carboxylic acids is 1. The molecule has 15 heteroatoms. The van der Waals surface area contributed by atoms with Crippen molar-refractivity contribution in [2.75, 3.05) is 51.9 Å². The Bertz CT molecular complexity index is 1750. The lowest BCUT2D eigenvalue weighted by atomic mass is 9.94. The summed E-state index contributed by atoms with van der Waals surface area (Å²) in [7, 11) is 2.90. The molecule has 0 radical (unpaired) electrons. The number of carboxylic acid groups (broad SMARTS) is 1. The Morgan fingerprint density at radius 2 is 1.96 bits per heavy atom. The number of hydrogen-bond acceptors (Lipinski definition) is 10. The summed E-state index contributed by atoms with van der Waals surface area (Å²) in [6.45, 7) is 1.92. The summed E-state index contributed by atoms with van der Waals surface area (Å²) >= 11 is 7.89. The zero-order chi connectivity index (χ0) is 33.9. The number of hydrogen-bond donors (Lipinski definition) is 2. The molecule has 2 amide bonds. The number of carbonyl (C=O) groups is 3. The fourth-order valence-corrected chi connectivity index (χ4v) is 7.32. The van der Waals surface area contributed by atoms with Crippen molar-refractivity contribution in [2.24, 2.45) is 4.99 Å². The van der Waals surface area contributed by atoms with E-state index in [0.29, 0.717) is 54.8 Å². The van der Waals surface area contributed by atoms with E-state index in [9.17, 15) is 18.8 Å². The number of nitrogens with one attached hydrogen (secondary N) is 1. The van der Waals surface area contributed by atoms with E-state index in [1.165, 1.54) is 36.6 Å². The molecule has 252 valence electrons. The van der Waals surface area contributed by atoms with E-state index >= 15 is 0 Å². The largest absolute Gasteiger partial charge is 0.481 e. The normalized spacial score (nSPS) is 21.2. The van der Waals surface area contributed by atoms with E-state index in [1.807, 2.05) is 34.5 Å². The summed E-state index contributed by atoms with van der Waals surface area (Å²) in [5.74, 6) is -1.55. The van der Waals surface area contributed by atoms with Gasteiger partial charge in [0.1, 0.15) is 11.9 Å². The van der Waals surface area contributed by atoms with Crippen LogP contribution in [0.2, 0.25) is 5.02 Å². The third kappa shape index (κ3) is 6.79. The van der Waals surface area contributed by atoms with Crippen LogP contribution in [0.25, 0.3) is 0 Å². The summed E-state index contributed by atoms with van der Waals surface area (Å²) in [5, 5.41) is 14.9. The maximum atomic E-state index is 14.1. The van der Waals surface area contributed by atoms with Crippen molar-refractivity contribution in [3.63, 3.8) is 0 Å². The first-order valence-corrected chi connectivity index (χ1v) is 16.6. The van der Waals surface area contributed by atoms with Crippen LogP contribution in [-0.4, -0.2) is 103 Å². The summed E-state index contributed by atoms with van der Waals surface area (Å²) < 4.78 is 25.0. The number of fused-ring (bicyclic) bond motifs is 1. The van der Waals surface area contributed by atoms with Gasteiger partial charge in [0, 0.05) is 73.3 Å². The Hall–Kier alpha value is -4.37. The first-order chi connectivity index (χ1) is 23.2. The number of aliphatic carboxylic acids is 1. The number of esters is 1. The van der Waals surface area contributed by atoms with Crippen molar-refractivity contribution in [3.8, 4) is 0 Å². The van der Waals surface area contributed by atoms with Crippen molar-refractivity contribution in [1.82, 2.24) is 20.1 Å². The number of carbonyl (C=O) groups excluding carboxylic acids is 2. The smallest absolute Gasteiger partial charge is 0.338 e. The molecule has 0 bridgehead atoms. The van der Waals surface area contributed by atoms with Crippen LogP contribution in [-0.2, 0) is 25.5 Å². The summed E-state index contributed by atoms with van der Waals surface area (Å²) in [5.41, 5.74) is 2.81. The minimum atomic E-state index is -0.898. The molecular formula is C33H34ClFN6O6S. The third-order valence-corrected chi connectivity index (χ3v) is 9.89. The highest BCUT2D eigenvalue weighted by Gasteiger charge is 2.47. The van der Waals surface area contributed by atoms with E-state index in [2.05, 4.69) is 15.2 Å². The predicted molar refractivity (Wildman–Crippen MR) is 178 cm³/mol. The van der Waals surface area contributed by atoms with Gasteiger partial charge in [0.2, 0.25) is 0 Å². The molecule has 3 aliphatic rings. The number of halogens is 2. The molecule has 4 heterocycles. The van der Waals surface area contributed by atoms with Crippen molar-refractivity contribution in [1.29, 1.82) is 0 Å². The number of urea groups is 1. The summed E-state index contributed by atoms with van der Waals surface area (Å²) in [6, 6.07) is 9.88. The predicted octanol–water partition coefficient (Wildman–Crippen LogP) is 4.11. The van der Waals surface area contributed by atoms with E-state index < -0.39 is 23.8 Å². The number of ether oxygens (including phenoxy) is 2. The quantitative estimate of drug-likeness (QED) is 0.284. The van der Waals surface area contributed by atoms with Gasteiger partial charge in [0.25, 0.3) is 0 Å². The van der Waals surface area contributed by atoms with Crippen LogP contribution in [0.5, 0.6) is 0 Å². The van der Waals surface area contributed by atoms with Crippen molar-refractivity contribution in [2.45, 2.75) is 31.0 Å². The molecule has 12 nitrogen and oxygen atoms in total. The number of piperazine rings is 1. The number of amides is 2. The van der Waals surface area contributed by atoms with Crippen LogP contribution in [0.3, 0.4) is 0 Å². The second-order valence-electron chi connectivity index (χ2n) is 11.6. The Morgan fingerprint density at radius 3 is 2.62 bits per heavy atom. The van der Waals surface area contributed by atoms with E-state index in [-0.39, 0.29) is 41.7 Å². The standard InChI is InChI=1S/C33H34ClFN6O6S/c1-46-18-26-25-17-41(21-7-3-19(4-8-21)5-10-27(42)43)33(45)40(25)13-12-39(26)16-24-28(32(44)47-2)29(22-9-6-20(35)15-23(22)34)38-30(37-24)31-36-11-14-48-31/h3-4,6-9,11,14-15,25-26,29H,5,10,12-13,16-18H2,1-2H3,(H,37,38)(H,42,43)/t25-,26-,29+/m1/s1. The fraction of sp³-hybridized carbons (Fsp3) is 0.364. The highest BCUT2D eigenvalue weighted by molar-refractivity contribution is 7.11. The van der Waals surface area contributed by atoms with Gasteiger partial charge in [-0.05, 0) is 36.2 Å². The number of benzene rings is 2. The lowest BCUT2D eigenvalue weighted by Crippen LogP contribution is -2.61. The second-order valence-corrected chi connectivity index (χ2v) is 12.9. The van der Waals surface area contributed by atoms with Gasteiger partial charge < -0.3 is 24.8 Å². The third-order valence-electron chi connectivity index (χ3n) is 8.79. The van der Waals surface area contributed by atoms with Crippen LogP contribution < -0.4 is 10.2 Å². The molecule has 0 spiro atoms. The van der Waals surface area contributed by atoms with Gasteiger partial charge in [0.15, 0.2) is 10.8 Å². The monoisotopic (exact) mass is 696 g/mol. The maximum absolute atomic E-state index is 14.1. The molecule has 2 N–H and O–H groups in total. The maximum Gasteiger partial charge on any atom is 0.338 e. The number of anilines is 1. The van der Waals surface area contributed by atoms with E-state index in [4.69, 9.17) is 31.2 Å². The van der Waals surface area contributed by atoms with Crippen LogP contribution >= 0.6 is 22.9 Å². The van der Waals surface area contributed by atoms with Crippen LogP contribution in [0, 0.1) is 5.82 Å². The molecule has 1 aromatic heterocycles. The summed E-state index contributed by atoms with van der Waals surface area (Å²) in [4.78, 5) is 53.1. The number of aliphatic imine (C=N–C) groups is 1. The zero-order valence-corrected chi connectivity index (χ0v) is 27.8. The molecule has 0 saturated carbocycles. The number of thiazole rings is 1. The van der Waals surface area contributed by atoms with Crippen molar-refractivity contribution < 1.29 is 33.4 Å². The van der Waals surface area contributed by atoms with Gasteiger partial charge in [-0.15, -0.1) is 11.3 Å². The van der Waals surface area contributed by atoms with Gasteiger partial charge in [-0.3, -0.25) is 19.6 Å². The van der Waals surface area contributed by atoms with Crippen LogP contribution in [0.1, 0.15) is 28.6 Å². The fourth-order valence-electron chi connectivity index (χ4n) is 6.46. The molecular weight excluding hydrogens is 663 g/mol. The van der Waals surface area contributed by atoms with Gasteiger partial charge in [-0.25, -0.2) is 19.0 Å². The van der Waals surface area contributed by atoms with Crippen LogP contribution in [0.15, 0.2) is 70.3 Å². The number of nitrogens with zero attached hydrogens (tertiary/aromatic N) is 5. The lowest BCUT2D eigenvalue weighted by molar-refractivity contribution is -0.137. The van der Waals surface area contributed by atoms with E-state index in [0.717, 1.165) is 11.3 Å². The molecule has 2 saturated heterocycles. The summed E-state index contributed by atoms with van der Waals surface area (Å²) in [6.07, 6.45) is 2.09. The molecule has 0 unspecified atom stereocenters. The topological polar surface area (TPSA) is 137 Å². The number of rotatable bonds is 11. The Kier molecular flexibility index (Phi) is 10.1. The SMILES string of the molecule is COC[C@@H]1[C@H]2CN(c3ccc(CCC(=O)O)cc3)C(=O)N2CCN1CC1=C(C(=O)OC)[C@H](c2ccc(F)cc2Cl)N=C(c2nccs2)N1. The molecule has 48 heavy (non-hydrogen) atoms. The molecule has 3 aromatic rings. The average Bonchev–Trinajstić information content (AvgIpc) is 3.73. The number of aryl methyl sites for hydroxylation is 1. The van der Waals surface area contributed by atoms with Gasteiger partial charge in [-0.1, -0.05) is 29.8 Å². The highest BCUT2D eigenvalue weighted by atomic mass is 35.5. The van der Waals surface area contributed by atoms with Gasteiger partial charge in [-0.2, -0.15) is 0 Å². The van der Waals surface area contributed by atoms with Crippen molar-refractivity contribution >= 4 is 52.4 Å². The Morgan fingerprint density at radius 1 is 1.17 bits per heavy atom. The number of methoxy groups -OCH3 is 2. The van der Waals surface area contributed by atoms with Gasteiger partial charge >= 0.3 is 18.0 Å². The molecule has 2 aromatic carbocycles. The van der Waals surface area contributed by atoms with Gasteiger partial charge in [0.05, 0.1) is 31.4 Å². The molecule has 3 aliphatic heterocycles. The molecule has 6 rings (SSSR count). The van der Waals surface area contributed by atoms with Crippen molar-refractivity contribution in [3.05, 3.63) is 92.3 Å². The molecule has 3 atom stereocenters. The van der Waals surface area contributed by atoms with Crippen LogP contribution in [0.4, 0.5) is 14.9 Å². The minimum absolute atomic E-state index is 0.0320. The zero-order valence-electron chi connectivity index (χ0n) is 26.3. The highest BCUT2D eigenvalue weighted by Crippen LogP contribution is 2.38. The lowest BCUT2D eigenvalue weighted by Gasteiger charge is -2.44. The Labute approximate surface area is 285 Å². The molecule has 2 fully saturated rings. The Balaban J connectivity index is 1.31. The average molecular weight is 697 g/mol. The first kappa shape index (κ1) is 33.5. The second kappa shape index (κ2) is 14.4. The number of amidine groups is 1. The number of aromatic nitrogens is 1. The first-order valence-electron chi connectivity index (χ1n) is 15.3. The molecule has 0 aliphatic carbocycles. The van der Waals surface area contributed by atoms with E-state index in [1.54, 1.807) is 18.2 Å².